The zero-order valence-electron chi connectivity index (χ0n) is 8.74. The van der Waals surface area contributed by atoms with E-state index in [0.29, 0.717) is 0 Å². The number of hydrogen-bond acceptors (Lipinski definition) is 0. The second-order valence-corrected chi connectivity index (χ2v) is 9.86. The molecule has 0 saturated heterocycles. The summed E-state index contributed by atoms with van der Waals surface area (Å²) in [5, 5.41) is 0. The Labute approximate surface area is 73.4 Å². The Balaban J connectivity index is 3.23. The Morgan fingerprint density at radius 2 is 1.55 bits per heavy atom. The quantitative estimate of drug-likeness (QED) is 0.414. The average molecular weight is 172 g/mol. The molecule has 0 aromatic carbocycles. The minimum atomic E-state index is -0.727. The summed E-state index contributed by atoms with van der Waals surface area (Å²) in [7, 11) is -0.727. The SMILES string of the molecule is CCCCCC[Si](C)(C)CC. The van der Waals surface area contributed by atoms with E-state index in [1.807, 2.05) is 0 Å². The van der Waals surface area contributed by atoms with E-state index < -0.39 is 8.07 Å². The van der Waals surface area contributed by atoms with Gasteiger partial charge in [0.25, 0.3) is 0 Å². The molecule has 0 N–H and O–H groups in total. The third-order valence-electron chi connectivity index (χ3n) is 2.66. The van der Waals surface area contributed by atoms with Crippen LogP contribution in [0.2, 0.25) is 25.2 Å². The lowest BCUT2D eigenvalue weighted by atomic mass is 10.2. The van der Waals surface area contributed by atoms with Gasteiger partial charge in [0.2, 0.25) is 0 Å². The van der Waals surface area contributed by atoms with E-state index in [1.165, 1.54) is 31.7 Å². The standard InChI is InChI=1S/C10H24Si/c1-5-7-8-9-10-11(3,4)6-2/h5-10H2,1-4H3. The molecule has 0 fully saturated rings. The van der Waals surface area contributed by atoms with Gasteiger partial charge >= 0.3 is 0 Å². The van der Waals surface area contributed by atoms with Crippen LogP contribution in [-0.2, 0) is 0 Å². The van der Waals surface area contributed by atoms with Crippen LogP contribution in [0.5, 0.6) is 0 Å². The Hall–Kier alpha value is 0.217. The Kier molecular flexibility index (Phi) is 5.93. The molecule has 0 radical (unpaired) electrons. The van der Waals surface area contributed by atoms with Crippen molar-refractivity contribution in [1.29, 1.82) is 0 Å². The maximum absolute atomic E-state index is 2.51. The summed E-state index contributed by atoms with van der Waals surface area (Å²) < 4.78 is 0. The van der Waals surface area contributed by atoms with E-state index >= 15 is 0 Å². The molecule has 0 saturated carbocycles. The van der Waals surface area contributed by atoms with Crippen molar-refractivity contribution < 1.29 is 0 Å². The topological polar surface area (TPSA) is 0 Å². The normalized spacial score (nSPS) is 12.0. The predicted octanol–water partition coefficient (Wildman–Crippen LogP) is 4.30. The minimum absolute atomic E-state index is 0.727. The third-order valence-corrected chi connectivity index (χ3v) is 6.29. The summed E-state index contributed by atoms with van der Waals surface area (Å²) in [5.41, 5.74) is 0. The summed E-state index contributed by atoms with van der Waals surface area (Å²) in [4.78, 5) is 0. The van der Waals surface area contributed by atoms with Crippen LogP contribution in [0, 0.1) is 0 Å². The first-order valence-corrected chi connectivity index (χ1v) is 8.54. The largest absolute Gasteiger partial charge is 0.0694 e. The maximum Gasteiger partial charge on any atom is 0.0471 e. The summed E-state index contributed by atoms with van der Waals surface area (Å²) in [6.07, 6.45) is 5.76. The summed E-state index contributed by atoms with van der Waals surface area (Å²) in [6, 6.07) is 3.00. The highest BCUT2D eigenvalue weighted by Crippen LogP contribution is 2.18. The van der Waals surface area contributed by atoms with E-state index in [0.717, 1.165) is 0 Å². The van der Waals surface area contributed by atoms with Gasteiger partial charge in [-0.05, 0) is 0 Å². The van der Waals surface area contributed by atoms with Gasteiger partial charge in [-0.25, -0.2) is 0 Å². The van der Waals surface area contributed by atoms with Gasteiger partial charge < -0.3 is 0 Å². The van der Waals surface area contributed by atoms with E-state index in [2.05, 4.69) is 26.9 Å². The fourth-order valence-electron chi connectivity index (χ4n) is 1.21. The molecule has 0 nitrogen and oxygen atoms in total. The first-order chi connectivity index (χ1) is 5.12. The molecule has 1 heteroatoms. The molecule has 0 amide bonds. The molecule has 0 rings (SSSR count). The van der Waals surface area contributed by atoms with Crippen LogP contribution in [0.4, 0.5) is 0 Å². The molecule has 0 aliphatic carbocycles. The van der Waals surface area contributed by atoms with Crippen molar-refractivity contribution in [3.8, 4) is 0 Å². The summed E-state index contributed by atoms with van der Waals surface area (Å²) in [6.45, 7) is 9.66. The molecule has 0 spiro atoms. The van der Waals surface area contributed by atoms with E-state index in [1.54, 1.807) is 6.04 Å². The van der Waals surface area contributed by atoms with Crippen LogP contribution in [0.25, 0.3) is 0 Å². The highest BCUT2D eigenvalue weighted by molar-refractivity contribution is 6.77. The van der Waals surface area contributed by atoms with Crippen LogP contribution in [0.3, 0.4) is 0 Å². The van der Waals surface area contributed by atoms with E-state index in [-0.39, 0.29) is 0 Å². The molecule has 0 unspecified atom stereocenters. The molecule has 0 aromatic heterocycles. The zero-order valence-corrected chi connectivity index (χ0v) is 9.74. The number of rotatable bonds is 6. The van der Waals surface area contributed by atoms with Crippen molar-refractivity contribution in [2.24, 2.45) is 0 Å². The van der Waals surface area contributed by atoms with Gasteiger partial charge in [-0.15, -0.1) is 0 Å². The summed E-state index contributed by atoms with van der Waals surface area (Å²) in [5.74, 6) is 0. The predicted molar refractivity (Wildman–Crippen MR) is 56.9 cm³/mol. The van der Waals surface area contributed by atoms with Crippen LogP contribution < -0.4 is 0 Å². The van der Waals surface area contributed by atoms with Crippen LogP contribution in [0.15, 0.2) is 0 Å². The molecule has 0 aromatic rings. The fraction of sp³-hybridized carbons (Fsp3) is 1.00. The molecule has 11 heavy (non-hydrogen) atoms. The maximum atomic E-state index is 2.51. The lowest BCUT2D eigenvalue weighted by Crippen LogP contribution is -2.22. The molecule has 0 bridgehead atoms. The third kappa shape index (κ3) is 6.61. The zero-order chi connectivity index (χ0) is 8.74. The number of hydrogen-bond donors (Lipinski definition) is 0. The Morgan fingerprint density at radius 3 is 2.00 bits per heavy atom. The highest BCUT2D eigenvalue weighted by Gasteiger charge is 2.16. The number of unbranched alkanes of at least 4 members (excludes halogenated alkanes) is 3. The van der Waals surface area contributed by atoms with Crippen molar-refractivity contribution in [3.63, 3.8) is 0 Å². The van der Waals surface area contributed by atoms with Crippen LogP contribution >= 0.6 is 0 Å². The van der Waals surface area contributed by atoms with Gasteiger partial charge in [-0.2, -0.15) is 0 Å². The van der Waals surface area contributed by atoms with Gasteiger partial charge in [0, 0.05) is 8.07 Å². The van der Waals surface area contributed by atoms with Gasteiger partial charge in [-0.1, -0.05) is 64.7 Å². The summed E-state index contributed by atoms with van der Waals surface area (Å²) >= 11 is 0. The van der Waals surface area contributed by atoms with Crippen molar-refractivity contribution in [1.82, 2.24) is 0 Å². The van der Waals surface area contributed by atoms with Crippen molar-refractivity contribution in [2.75, 3.05) is 0 Å². The first kappa shape index (κ1) is 11.2. The Morgan fingerprint density at radius 1 is 0.909 bits per heavy atom. The lowest BCUT2D eigenvalue weighted by Gasteiger charge is -2.19. The van der Waals surface area contributed by atoms with Gasteiger partial charge in [0.05, 0.1) is 0 Å². The smallest absolute Gasteiger partial charge is 0.0471 e. The van der Waals surface area contributed by atoms with Gasteiger partial charge in [0.15, 0.2) is 0 Å². The van der Waals surface area contributed by atoms with Crippen molar-refractivity contribution >= 4 is 8.07 Å². The monoisotopic (exact) mass is 172 g/mol. The minimum Gasteiger partial charge on any atom is -0.0694 e. The molecule has 0 aliphatic heterocycles. The Bertz CT molecular complexity index is 86.9. The molecule has 0 atom stereocenters. The highest BCUT2D eigenvalue weighted by atomic mass is 28.3. The van der Waals surface area contributed by atoms with Crippen molar-refractivity contribution in [3.05, 3.63) is 0 Å². The fourth-order valence-corrected chi connectivity index (χ4v) is 2.77. The molecular formula is C10H24Si. The molecule has 68 valence electrons. The van der Waals surface area contributed by atoms with Crippen molar-refractivity contribution in [2.45, 2.75) is 64.7 Å². The second-order valence-electron chi connectivity index (χ2n) is 4.33. The van der Waals surface area contributed by atoms with E-state index in [4.69, 9.17) is 0 Å². The van der Waals surface area contributed by atoms with Crippen LogP contribution in [-0.4, -0.2) is 8.07 Å². The first-order valence-electron chi connectivity index (χ1n) is 5.12. The lowest BCUT2D eigenvalue weighted by molar-refractivity contribution is 0.696. The molecular weight excluding hydrogens is 148 g/mol. The van der Waals surface area contributed by atoms with Gasteiger partial charge in [-0.3, -0.25) is 0 Å². The van der Waals surface area contributed by atoms with E-state index in [9.17, 15) is 0 Å². The molecule has 0 aliphatic rings. The van der Waals surface area contributed by atoms with Gasteiger partial charge in [0.1, 0.15) is 0 Å². The van der Waals surface area contributed by atoms with Crippen LogP contribution in [0.1, 0.15) is 39.5 Å². The average Bonchev–Trinajstić information content (AvgIpc) is 1.99. The second kappa shape index (κ2) is 5.82. The molecule has 0 heterocycles.